The second-order valence-corrected chi connectivity index (χ2v) is 7.40. The van der Waals surface area contributed by atoms with Crippen LogP contribution in [-0.4, -0.2) is 6.04 Å². The Kier molecular flexibility index (Phi) is 4.85. The molecular formula is C16H27NS. The molecule has 2 heteroatoms. The summed E-state index contributed by atoms with van der Waals surface area (Å²) in [6.45, 7) is 8.17. The largest absolute Gasteiger partial charge is 0.309 e. The second-order valence-electron chi connectivity index (χ2n) is 6.40. The van der Waals surface area contributed by atoms with E-state index in [-0.39, 0.29) is 0 Å². The molecule has 1 aliphatic rings. The molecule has 1 aromatic rings. The lowest BCUT2D eigenvalue weighted by Crippen LogP contribution is -2.28. The quantitative estimate of drug-likeness (QED) is 0.774. The number of aryl methyl sites for hydroxylation is 1. The van der Waals surface area contributed by atoms with E-state index in [4.69, 9.17) is 0 Å². The van der Waals surface area contributed by atoms with Crippen LogP contribution < -0.4 is 5.32 Å². The minimum Gasteiger partial charge on any atom is -0.309 e. The highest BCUT2D eigenvalue weighted by Crippen LogP contribution is 2.33. The smallest absolute Gasteiger partial charge is 0.0305 e. The molecule has 1 fully saturated rings. The first-order chi connectivity index (χ1) is 8.61. The van der Waals surface area contributed by atoms with E-state index in [1.165, 1.54) is 37.7 Å². The topological polar surface area (TPSA) is 12.0 Å². The molecule has 0 amide bonds. The lowest BCUT2D eigenvalue weighted by molar-refractivity contribution is 0.309. The highest BCUT2D eigenvalue weighted by molar-refractivity contribution is 7.10. The number of nitrogens with one attached hydrogen (secondary N) is 1. The van der Waals surface area contributed by atoms with Crippen molar-refractivity contribution in [3.05, 3.63) is 21.9 Å². The summed E-state index contributed by atoms with van der Waals surface area (Å²) < 4.78 is 0. The summed E-state index contributed by atoms with van der Waals surface area (Å²) >= 11 is 1.91. The molecule has 0 aromatic carbocycles. The fourth-order valence-electron chi connectivity index (χ4n) is 2.94. The van der Waals surface area contributed by atoms with Gasteiger partial charge in [-0.05, 0) is 54.5 Å². The Morgan fingerprint density at radius 3 is 2.94 bits per heavy atom. The standard InChI is InChI=1S/C16H27NS/c1-4-13-8-11-18-15(13)12-17-14-6-5-9-16(2,3)10-7-14/h8,11,14,17H,4-7,9-10,12H2,1-3H3. The van der Waals surface area contributed by atoms with E-state index in [2.05, 4.69) is 37.5 Å². The molecule has 102 valence electrons. The lowest BCUT2D eigenvalue weighted by atomic mass is 9.85. The first-order valence-corrected chi connectivity index (χ1v) is 8.27. The number of hydrogen-bond acceptors (Lipinski definition) is 2. The van der Waals surface area contributed by atoms with Crippen molar-refractivity contribution in [2.24, 2.45) is 5.41 Å². The van der Waals surface area contributed by atoms with Crippen molar-refractivity contribution in [2.75, 3.05) is 0 Å². The van der Waals surface area contributed by atoms with Crippen molar-refractivity contribution >= 4 is 11.3 Å². The second kappa shape index (κ2) is 6.21. The molecule has 1 saturated carbocycles. The average molecular weight is 265 g/mol. The highest BCUT2D eigenvalue weighted by Gasteiger charge is 2.24. The van der Waals surface area contributed by atoms with Crippen molar-refractivity contribution in [1.29, 1.82) is 0 Å². The molecule has 2 rings (SSSR count). The van der Waals surface area contributed by atoms with Gasteiger partial charge in [-0.1, -0.05) is 27.2 Å². The Morgan fingerprint density at radius 2 is 2.17 bits per heavy atom. The molecule has 1 atom stereocenters. The van der Waals surface area contributed by atoms with Crippen LogP contribution in [0, 0.1) is 5.41 Å². The van der Waals surface area contributed by atoms with Gasteiger partial charge < -0.3 is 5.32 Å². The van der Waals surface area contributed by atoms with Crippen LogP contribution in [-0.2, 0) is 13.0 Å². The first-order valence-electron chi connectivity index (χ1n) is 7.39. The first kappa shape index (κ1) is 14.1. The van der Waals surface area contributed by atoms with Crippen molar-refractivity contribution in [1.82, 2.24) is 5.32 Å². The van der Waals surface area contributed by atoms with Crippen LogP contribution in [0.2, 0.25) is 0 Å². The van der Waals surface area contributed by atoms with Crippen LogP contribution in [0.4, 0.5) is 0 Å². The van der Waals surface area contributed by atoms with Gasteiger partial charge in [-0.25, -0.2) is 0 Å². The van der Waals surface area contributed by atoms with Crippen molar-refractivity contribution in [3.63, 3.8) is 0 Å². The van der Waals surface area contributed by atoms with Crippen molar-refractivity contribution in [3.8, 4) is 0 Å². The minimum absolute atomic E-state index is 0.563. The maximum Gasteiger partial charge on any atom is 0.0305 e. The molecule has 0 bridgehead atoms. The van der Waals surface area contributed by atoms with Gasteiger partial charge in [0.25, 0.3) is 0 Å². The SMILES string of the molecule is CCc1ccsc1CNC1CCCC(C)(C)CC1. The van der Waals surface area contributed by atoms with Gasteiger partial charge in [0.1, 0.15) is 0 Å². The zero-order valence-corrected chi connectivity index (χ0v) is 12.9. The van der Waals surface area contributed by atoms with E-state index < -0.39 is 0 Å². The van der Waals surface area contributed by atoms with E-state index in [0.717, 1.165) is 19.0 Å². The van der Waals surface area contributed by atoms with Crippen LogP contribution in [0.15, 0.2) is 11.4 Å². The molecule has 0 aliphatic heterocycles. The maximum absolute atomic E-state index is 3.79. The molecule has 0 radical (unpaired) electrons. The molecule has 0 spiro atoms. The maximum atomic E-state index is 3.79. The van der Waals surface area contributed by atoms with Gasteiger partial charge in [0, 0.05) is 17.5 Å². The van der Waals surface area contributed by atoms with Crippen LogP contribution in [0.1, 0.15) is 63.3 Å². The summed E-state index contributed by atoms with van der Waals surface area (Å²) in [5.74, 6) is 0. The summed E-state index contributed by atoms with van der Waals surface area (Å²) in [6.07, 6.45) is 8.02. The van der Waals surface area contributed by atoms with Gasteiger partial charge in [0.15, 0.2) is 0 Å². The zero-order valence-electron chi connectivity index (χ0n) is 12.1. The third-order valence-corrected chi connectivity index (χ3v) is 5.31. The van der Waals surface area contributed by atoms with Crippen LogP contribution >= 0.6 is 11.3 Å². The van der Waals surface area contributed by atoms with Crippen LogP contribution in [0.25, 0.3) is 0 Å². The minimum atomic E-state index is 0.563. The summed E-state index contributed by atoms with van der Waals surface area (Å²) in [7, 11) is 0. The average Bonchev–Trinajstić information content (AvgIpc) is 2.72. The summed E-state index contributed by atoms with van der Waals surface area (Å²) in [4.78, 5) is 1.54. The molecule has 1 N–H and O–H groups in total. The van der Waals surface area contributed by atoms with E-state index in [1.54, 1.807) is 4.88 Å². The molecule has 1 heterocycles. The Morgan fingerprint density at radius 1 is 1.33 bits per heavy atom. The summed E-state index contributed by atoms with van der Waals surface area (Å²) in [5.41, 5.74) is 2.09. The monoisotopic (exact) mass is 265 g/mol. The molecule has 1 nitrogen and oxygen atoms in total. The molecular weight excluding hydrogens is 238 g/mol. The van der Waals surface area contributed by atoms with E-state index in [1.807, 2.05) is 11.3 Å². The Balaban J connectivity index is 1.83. The van der Waals surface area contributed by atoms with Crippen molar-refractivity contribution < 1.29 is 0 Å². The van der Waals surface area contributed by atoms with Crippen LogP contribution in [0.5, 0.6) is 0 Å². The number of hydrogen-bond donors (Lipinski definition) is 1. The third kappa shape index (κ3) is 3.83. The predicted octanol–water partition coefficient (Wildman–Crippen LogP) is 4.76. The normalized spacial score (nSPS) is 23.8. The number of thiophene rings is 1. The third-order valence-electron chi connectivity index (χ3n) is 4.35. The highest BCUT2D eigenvalue weighted by atomic mass is 32.1. The summed E-state index contributed by atoms with van der Waals surface area (Å²) in [6, 6.07) is 3.01. The van der Waals surface area contributed by atoms with Gasteiger partial charge in [-0.15, -0.1) is 11.3 Å². The predicted molar refractivity (Wildman–Crippen MR) is 81.2 cm³/mol. The fourth-order valence-corrected chi connectivity index (χ4v) is 3.87. The fraction of sp³-hybridized carbons (Fsp3) is 0.750. The van der Waals surface area contributed by atoms with E-state index in [9.17, 15) is 0 Å². The molecule has 1 aromatic heterocycles. The lowest BCUT2D eigenvalue weighted by Gasteiger charge is -2.22. The van der Waals surface area contributed by atoms with E-state index >= 15 is 0 Å². The molecule has 0 saturated heterocycles. The summed E-state index contributed by atoms with van der Waals surface area (Å²) in [5, 5.41) is 6.02. The molecule has 18 heavy (non-hydrogen) atoms. The molecule has 1 aliphatic carbocycles. The Labute approximate surface area is 116 Å². The van der Waals surface area contributed by atoms with Crippen LogP contribution in [0.3, 0.4) is 0 Å². The van der Waals surface area contributed by atoms with Gasteiger partial charge in [0.05, 0.1) is 0 Å². The van der Waals surface area contributed by atoms with Gasteiger partial charge in [-0.2, -0.15) is 0 Å². The van der Waals surface area contributed by atoms with Crippen molar-refractivity contribution in [2.45, 2.75) is 71.9 Å². The van der Waals surface area contributed by atoms with E-state index in [0.29, 0.717) is 5.41 Å². The van der Waals surface area contributed by atoms with Gasteiger partial charge >= 0.3 is 0 Å². The number of rotatable bonds is 4. The Bertz CT molecular complexity index is 367. The van der Waals surface area contributed by atoms with Gasteiger partial charge in [-0.3, -0.25) is 0 Å². The molecule has 1 unspecified atom stereocenters. The zero-order chi connectivity index (χ0) is 13.0. The van der Waals surface area contributed by atoms with Gasteiger partial charge in [0.2, 0.25) is 0 Å². The Hall–Kier alpha value is -0.340.